The molecule has 1 aromatic rings. The molecule has 112 valence electrons. The summed E-state index contributed by atoms with van der Waals surface area (Å²) in [7, 11) is 0. The summed E-state index contributed by atoms with van der Waals surface area (Å²) in [6, 6.07) is 6.02. The molecule has 0 radical (unpaired) electrons. The first-order valence-electron chi connectivity index (χ1n) is 7.38. The highest BCUT2D eigenvalue weighted by Crippen LogP contribution is 2.22. The first kappa shape index (κ1) is 16.5. The smallest absolute Gasteiger partial charge is 0.347 e. The maximum Gasteiger partial charge on any atom is 0.347 e. The minimum atomic E-state index is -0.516. The van der Waals surface area contributed by atoms with Crippen molar-refractivity contribution in [3.63, 3.8) is 0 Å². The minimum Gasteiger partial charge on any atom is -0.478 e. The van der Waals surface area contributed by atoms with Gasteiger partial charge in [0.2, 0.25) is 0 Å². The number of aryl methyl sites for hydroxylation is 2. The summed E-state index contributed by atoms with van der Waals surface area (Å²) < 4.78 is 11.2. The molecule has 3 heteroatoms. The number of carbonyl (C=O) groups excluding carboxylic acids is 1. The number of hydrogen-bond donors (Lipinski definition) is 0. The van der Waals surface area contributed by atoms with Crippen LogP contribution in [0.2, 0.25) is 0 Å². The Hall–Kier alpha value is -1.51. The summed E-state index contributed by atoms with van der Waals surface area (Å²) in [6.07, 6.45) is 2.03. The fourth-order valence-corrected chi connectivity index (χ4v) is 1.91. The second-order valence-electron chi connectivity index (χ2n) is 5.50. The third-order valence-corrected chi connectivity index (χ3v) is 3.05. The predicted molar refractivity (Wildman–Crippen MR) is 81.1 cm³/mol. The number of hydrogen-bond acceptors (Lipinski definition) is 3. The van der Waals surface area contributed by atoms with Gasteiger partial charge in [0.25, 0.3) is 0 Å². The molecule has 0 saturated carbocycles. The standard InChI is InChI=1S/C17H26O3/c1-6-7-8-15(17(18)19-12(2)3)20-16-11-13(4)9-10-14(16)5/h9-12,15H,6-8H2,1-5H3. The van der Waals surface area contributed by atoms with Gasteiger partial charge in [-0.2, -0.15) is 0 Å². The lowest BCUT2D eigenvalue weighted by Gasteiger charge is -2.20. The Labute approximate surface area is 122 Å². The second-order valence-corrected chi connectivity index (χ2v) is 5.50. The average molecular weight is 278 g/mol. The van der Waals surface area contributed by atoms with Crippen molar-refractivity contribution >= 4 is 5.97 Å². The first-order valence-corrected chi connectivity index (χ1v) is 7.38. The number of carbonyl (C=O) groups is 1. The maximum absolute atomic E-state index is 12.1. The van der Waals surface area contributed by atoms with Gasteiger partial charge in [0, 0.05) is 0 Å². The Bertz CT molecular complexity index is 438. The summed E-state index contributed by atoms with van der Waals surface area (Å²) in [5.41, 5.74) is 2.16. The molecule has 1 atom stereocenters. The lowest BCUT2D eigenvalue weighted by atomic mass is 10.1. The zero-order chi connectivity index (χ0) is 15.1. The van der Waals surface area contributed by atoms with Crippen molar-refractivity contribution in [1.29, 1.82) is 0 Å². The summed E-state index contributed by atoms with van der Waals surface area (Å²) in [4.78, 5) is 12.1. The molecular weight excluding hydrogens is 252 g/mol. The maximum atomic E-state index is 12.1. The largest absolute Gasteiger partial charge is 0.478 e. The number of ether oxygens (including phenoxy) is 2. The highest BCUT2D eigenvalue weighted by atomic mass is 16.6. The van der Waals surface area contributed by atoms with E-state index >= 15 is 0 Å². The summed E-state index contributed by atoms with van der Waals surface area (Å²) in [5.74, 6) is 0.501. The predicted octanol–water partition coefficient (Wildman–Crippen LogP) is 4.19. The van der Waals surface area contributed by atoms with Crippen molar-refractivity contribution in [1.82, 2.24) is 0 Å². The van der Waals surface area contributed by atoms with Crippen LogP contribution < -0.4 is 4.74 Å². The van der Waals surface area contributed by atoms with Gasteiger partial charge >= 0.3 is 5.97 Å². The van der Waals surface area contributed by atoms with E-state index in [1.54, 1.807) is 0 Å². The lowest BCUT2D eigenvalue weighted by Crippen LogP contribution is -2.31. The summed E-state index contributed by atoms with van der Waals surface area (Å²) in [6.45, 7) is 9.81. The molecule has 0 fully saturated rings. The summed E-state index contributed by atoms with van der Waals surface area (Å²) in [5, 5.41) is 0. The molecule has 0 heterocycles. The third-order valence-electron chi connectivity index (χ3n) is 3.05. The third kappa shape index (κ3) is 5.24. The molecule has 3 nitrogen and oxygen atoms in total. The normalized spacial score (nSPS) is 12.3. The van der Waals surface area contributed by atoms with Gasteiger partial charge in [-0.05, 0) is 57.7 Å². The van der Waals surface area contributed by atoms with Crippen LogP contribution in [-0.4, -0.2) is 18.2 Å². The molecule has 0 saturated heterocycles. The van der Waals surface area contributed by atoms with Crippen LogP contribution in [0.4, 0.5) is 0 Å². The highest BCUT2D eigenvalue weighted by Gasteiger charge is 2.23. The van der Waals surface area contributed by atoms with Crippen molar-refractivity contribution in [3.05, 3.63) is 29.3 Å². The highest BCUT2D eigenvalue weighted by molar-refractivity contribution is 5.75. The Kier molecular flexibility index (Phi) is 6.56. The van der Waals surface area contributed by atoms with E-state index in [1.807, 2.05) is 45.9 Å². The molecule has 20 heavy (non-hydrogen) atoms. The number of esters is 1. The SMILES string of the molecule is CCCCC(Oc1cc(C)ccc1C)C(=O)OC(C)C. The van der Waals surface area contributed by atoms with Gasteiger partial charge in [0.15, 0.2) is 6.10 Å². The van der Waals surface area contributed by atoms with Crippen LogP contribution in [0.5, 0.6) is 5.75 Å². The van der Waals surface area contributed by atoms with Crippen LogP contribution in [0.3, 0.4) is 0 Å². The Morgan fingerprint density at radius 3 is 2.55 bits per heavy atom. The Morgan fingerprint density at radius 1 is 1.25 bits per heavy atom. The van der Waals surface area contributed by atoms with Gasteiger partial charge in [0.1, 0.15) is 5.75 Å². The minimum absolute atomic E-state index is 0.117. The molecule has 0 bridgehead atoms. The monoisotopic (exact) mass is 278 g/mol. The average Bonchev–Trinajstić information content (AvgIpc) is 2.37. The Balaban J connectivity index is 2.82. The zero-order valence-corrected chi connectivity index (χ0v) is 13.2. The molecule has 0 aromatic heterocycles. The van der Waals surface area contributed by atoms with Crippen molar-refractivity contribution in [2.75, 3.05) is 0 Å². The van der Waals surface area contributed by atoms with Gasteiger partial charge in [-0.1, -0.05) is 25.5 Å². The van der Waals surface area contributed by atoms with Crippen LogP contribution in [0.25, 0.3) is 0 Å². The second kappa shape index (κ2) is 7.93. The number of benzene rings is 1. The van der Waals surface area contributed by atoms with Gasteiger partial charge < -0.3 is 9.47 Å². The van der Waals surface area contributed by atoms with Crippen LogP contribution in [0.1, 0.15) is 51.2 Å². The number of rotatable bonds is 7. The van der Waals surface area contributed by atoms with E-state index in [0.717, 1.165) is 29.7 Å². The first-order chi connectivity index (χ1) is 9.43. The van der Waals surface area contributed by atoms with Crippen molar-refractivity contribution in [2.45, 2.75) is 66.1 Å². The zero-order valence-electron chi connectivity index (χ0n) is 13.2. The van der Waals surface area contributed by atoms with E-state index in [2.05, 4.69) is 6.92 Å². The molecule has 0 aliphatic carbocycles. The van der Waals surface area contributed by atoms with Crippen LogP contribution in [-0.2, 0) is 9.53 Å². The van der Waals surface area contributed by atoms with E-state index in [9.17, 15) is 4.79 Å². The molecule has 0 aliphatic rings. The molecule has 0 aliphatic heterocycles. The Morgan fingerprint density at radius 2 is 1.95 bits per heavy atom. The van der Waals surface area contributed by atoms with Gasteiger partial charge in [0.05, 0.1) is 6.10 Å². The van der Waals surface area contributed by atoms with Crippen molar-refractivity contribution in [2.24, 2.45) is 0 Å². The van der Waals surface area contributed by atoms with Crippen LogP contribution in [0, 0.1) is 13.8 Å². The molecule has 1 rings (SSSR count). The van der Waals surface area contributed by atoms with E-state index in [-0.39, 0.29) is 12.1 Å². The lowest BCUT2D eigenvalue weighted by molar-refractivity contribution is -0.156. The number of unbranched alkanes of at least 4 members (excludes halogenated alkanes) is 1. The van der Waals surface area contributed by atoms with Crippen molar-refractivity contribution in [3.8, 4) is 5.75 Å². The quantitative estimate of drug-likeness (QED) is 0.701. The van der Waals surface area contributed by atoms with Crippen LogP contribution >= 0.6 is 0 Å². The van der Waals surface area contributed by atoms with Gasteiger partial charge in [-0.15, -0.1) is 0 Å². The van der Waals surface area contributed by atoms with Crippen molar-refractivity contribution < 1.29 is 14.3 Å². The molecule has 0 N–H and O–H groups in total. The van der Waals surface area contributed by atoms with Gasteiger partial charge in [-0.3, -0.25) is 0 Å². The molecular formula is C17H26O3. The van der Waals surface area contributed by atoms with E-state index in [0.29, 0.717) is 6.42 Å². The molecule has 0 amide bonds. The molecule has 1 aromatic carbocycles. The van der Waals surface area contributed by atoms with Gasteiger partial charge in [-0.25, -0.2) is 4.79 Å². The fraction of sp³-hybridized carbons (Fsp3) is 0.588. The summed E-state index contributed by atoms with van der Waals surface area (Å²) >= 11 is 0. The van der Waals surface area contributed by atoms with E-state index in [4.69, 9.17) is 9.47 Å². The molecule has 1 unspecified atom stereocenters. The van der Waals surface area contributed by atoms with Crippen LogP contribution in [0.15, 0.2) is 18.2 Å². The molecule has 0 spiro atoms. The van der Waals surface area contributed by atoms with E-state index in [1.165, 1.54) is 0 Å². The van der Waals surface area contributed by atoms with E-state index < -0.39 is 6.10 Å². The fourth-order valence-electron chi connectivity index (χ4n) is 1.91. The topological polar surface area (TPSA) is 35.5 Å².